The van der Waals surface area contributed by atoms with Crippen LogP contribution in [0.2, 0.25) is 0 Å². The number of rotatable bonds is 2. The van der Waals surface area contributed by atoms with Crippen LogP contribution in [-0.4, -0.2) is 12.1 Å². The second-order valence-electron chi connectivity index (χ2n) is 3.29. The van der Waals surface area contributed by atoms with E-state index in [-0.39, 0.29) is 6.07 Å². The highest BCUT2D eigenvalue weighted by Crippen LogP contribution is 2.20. The van der Waals surface area contributed by atoms with Crippen molar-refractivity contribution < 1.29 is 27.1 Å². The topological polar surface area (TPSA) is 26.3 Å². The van der Waals surface area contributed by atoms with Crippen molar-refractivity contribution in [1.82, 2.24) is 0 Å². The fraction of sp³-hybridized carbons (Fsp3) is 0.250. The largest absolute Gasteiger partial charge is 0.446 e. The van der Waals surface area contributed by atoms with Crippen molar-refractivity contribution in [2.75, 3.05) is 0 Å². The van der Waals surface area contributed by atoms with Gasteiger partial charge in [-0.15, -0.1) is 5.92 Å². The Bertz CT molecular complexity index is 543. The van der Waals surface area contributed by atoms with Crippen LogP contribution in [-0.2, 0) is 4.74 Å². The minimum Gasteiger partial charge on any atom is -0.446 e. The molecule has 1 unspecified atom stereocenters. The molecule has 96 valence electrons. The van der Waals surface area contributed by atoms with Crippen LogP contribution in [0.25, 0.3) is 0 Å². The van der Waals surface area contributed by atoms with Gasteiger partial charge in [0.15, 0.2) is 23.6 Å². The van der Waals surface area contributed by atoms with Gasteiger partial charge in [0, 0.05) is 6.07 Å². The van der Waals surface area contributed by atoms with Crippen LogP contribution in [0.3, 0.4) is 0 Å². The highest BCUT2D eigenvalue weighted by molar-refractivity contribution is 5.90. The van der Waals surface area contributed by atoms with Crippen LogP contribution in [0.1, 0.15) is 24.2 Å². The maximum absolute atomic E-state index is 13.2. The van der Waals surface area contributed by atoms with Crippen LogP contribution in [0, 0.1) is 35.1 Å². The molecule has 1 aromatic carbocycles. The van der Waals surface area contributed by atoms with E-state index in [1.54, 1.807) is 0 Å². The molecule has 0 aliphatic rings. The Hall–Kier alpha value is -2.03. The fourth-order valence-electron chi connectivity index (χ4n) is 1.21. The average molecular weight is 260 g/mol. The third-order valence-electron chi connectivity index (χ3n) is 1.95. The zero-order valence-corrected chi connectivity index (χ0v) is 9.48. The van der Waals surface area contributed by atoms with E-state index in [1.807, 2.05) is 0 Å². The van der Waals surface area contributed by atoms with Gasteiger partial charge in [-0.3, -0.25) is 0 Å². The number of carbonyl (C=O) groups excluding carboxylic acids is 1. The van der Waals surface area contributed by atoms with Crippen molar-refractivity contribution in [2.24, 2.45) is 0 Å². The summed E-state index contributed by atoms with van der Waals surface area (Å²) < 4.78 is 56.5. The molecule has 0 aliphatic carbocycles. The Morgan fingerprint density at radius 1 is 1.22 bits per heavy atom. The maximum Gasteiger partial charge on any atom is 0.345 e. The number of carbonyl (C=O) groups is 1. The summed E-state index contributed by atoms with van der Waals surface area (Å²) in [5, 5.41) is 0. The smallest absolute Gasteiger partial charge is 0.345 e. The van der Waals surface area contributed by atoms with Gasteiger partial charge in [0.25, 0.3) is 0 Å². The van der Waals surface area contributed by atoms with Crippen LogP contribution in [0.4, 0.5) is 17.6 Å². The molecule has 1 rings (SSSR count). The summed E-state index contributed by atoms with van der Waals surface area (Å²) in [6.45, 7) is 2.84. The molecule has 0 aromatic heterocycles. The van der Waals surface area contributed by atoms with Crippen molar-refractivity contribution in [3.63, 3.8) is 0 Å². The Balaban J connectivity index is 3.13. The van der Waals surface area contributed by atoms with Gasteiger partial charge in [0.1, 0.15) is 11.4 Å². The van der Waals surface area contributed by atoms with E-state index in [0.29, 0.717) is 0 Å². The molecular weight excluding hydrogens is 252 g/mol. The molecule has 0 aliphatic heterocycles. The summed E-state index contributed by atoms with van der Waals surface area (Å²) in [5.41, 5.74) is -1.28. The highest BCUT2D eigenvalue weighted by Gasteiger charge is 2.26. The van der Waals surface area contributed by atoms with Gasteiger partial charge in [-0.25, -0.2) is 22.4 Å². The van der Waals surface area contributed by atoms with Gasteiger partial charge in [0.05, 0.1) is 0 Å². The van der Waals surface area contributed by atoms with Crippen molar-refractivity contribution in [2.45, 2.75) is 20.0 Å². The minimum atomic E-state index is -1.93. The van der Waals surface area contributed by atoms with Crippen LogP contribution >= 0.6 is 0 Å². The molecule has 1 atom stereocenters. The van der Waals surface area contributed by atoms with E-state index >= 15 is 0 Å². The second kappa shape index (κ2) is 5.54. The Morgan fingerprint density at radius 3 is 2.39 bits per heavy atom. The minimum absolute atomic E-state index is 0.0746. The molecule has 2 nitrogen and oxygen atoms in total. The van der Waals surface area contributed by atoms with Gasteiger partial charge in [-0.2, -0.15) is 0 Å². The molecule has 0 N–H and O–H groups in total. The van der Waals surface area contributed by atoms with Crippen LogP contribution in [0.5, 0.6) is 0 Å². The van der Waals surface area contributed by atoms with Gasteiger partial charge in [0.2, 0.25) is 0 Å². The molecule has 18 heavy (non-hydrogen) atoms. The fourth-order valence-corrected chi connectivity index (χ4v) is 1.21. The normalized spacial score (nSPS) is 11.4. The summed E-state index contributed by atoms with van der Waals surface area (Å²) in [4.78, 5) is 11.4. The molecule has 0 saturated heterocycles. The first-order valence-electron chi connectivity index (χ1n) is 4.84. The molecule has 0 radical (unpaired) electrons. The number of ether oxygens (including phenoxy) is 1. The van der Waals surface area contributed by atoms with Gasteiger partial charge in [-0.05, 0) is 13.8 Å². The van der Waals surface area contributed by atoms with Crippen LogP contribution < -0.4 is 0 Å². The molecular formula is C12H8F4O2. The van der Waals surface area contributed by atoms with Crippen LogP contribution in [0.15, 0.2) is 6.07 Å². The zero-order chi connectivity index (χ0) is 13.9. The third kappa shape index (κ3) is 2.80. The molecule has 0 bridgehead atoms. The van der Waals surface area contributed by atoms with E-state index < -0.39 is 40.9 Å². The van der Waals surface area contributed by atoms with E-state index in [9.17, 15) is 22.4 Å². The quantitative estimate of drug-likeness (QED) is 0.269. The van der Waals surface area contributed by atoms with Gasteiger partial charge in [-0.1, -0.05) is 5.92 Å². The summed E-state index contributed by atoms with van der Waals surface area (Å²) in [5.74, 6) is -3.72. The van der Waals surface area contributed by atoms with E-state index in [4.69, 9.17) is 0 Å². The molecule has 0 amide bonds. The lowest BCUT2D eigenvalue weighted by atomic mass is 10.2. The number of esters is 1. The van der Waals surface area contributed by atoms with Gasteiger partial charge < -0.3 is 4.74 Å². The summed E-state index contributed by atoms with van der Waals surface area (Å²) >= 11 is 0. The lowest BCUT2D eigenvalue weighted by Crippen LogP contribution is -2.17. The monoisotopic (exact) mass is 260 g/mol. The van der Waals surface area contributed by atoms with E-state index in [2.05, 4.69) is 16.6 Å². The summed E-state index contributed by atoms with van der Waals surface area (Å²) in [6.07, 6.45) is -0.922. The predicted octanol–water partition coefficient (Wildman–Crippen LogP) is 2.81. The van der Waals surface area contributed by atoms with Crippen molar-refractivity contribution in [3.05, 3.63) is 34.9 Å². The van der Waals surface area contributed by atoms with Crippen molar-refractivity contribution >= 4 is 5.97 Å². The number of hydrogen-bond donors (Lipinski definition) is 0. The maximum atomic E-state index is 13.2. The lowest BCUT2D eigenvalue weighted by molar-refractivity contribution is 0.0425. The molecule has 1 aromatic rings. The second-order valence-corrected chi connectivity index (χ2v) is 3.29. The predicted molar refractivity (Wildman–Crippen MR) is 54.6 cm³/mol. The highest BCUT2D eigenvalue weighted by atomic mass is 19.2. The standard InChI is InChI=1S/C12H8F4O2/c1-3-4-6(2)18-12(17)9-7(13)5-8(14)10(15)11(9)16/h5-6H,1-2H3. The number of halogens is 4. The summed E-state index contributed by atoms with van der Waals surface area (Å²) in [6, 6.07) is 0.0746. The van der Waals surface area contributed by atoms with E-state index in [0.717, 1.165) is 0 Å². The molecule has 6 heteroatoms. The SMILES string of the molecule is CC#CC(C)OC(=O)c1c(F)cc(F)c(F)c1F. The Morgan fingerprint density at radius 2 is 1.83 bits per heavy atom. The van der Waals surface area contributed by atoms with Crippen molar-refractivity contribution in [1.29, 1.82) is 0 Å². The first-order valence-corrected chi connectivity index (χ1v) is 4.84. The third-order valence-corrected chi connectivity index (χ3v) is 1.95. The number of hydrogen-bond acceptors (Lipinski definition) is 2. The first-order chi connectivity index (χ1) is 8.38. The zero-order valence-electron chi connectivity index (χ0n) is 9.48. The average Bonchev–Trinajstić information content (AvgIpc) is 2.26. The molecule has 0 saturated carbocycles. The van der Waals surface area contributed by atoms with Gasteiger partial charge >= 0.3 is 5.97 Å². The molecule has 0 fully saturated rings. The molecule has 0 heterocycles. The lowest BCUT2D eigenvalue weighted by Gasteiger charge is -2.09. The Kier molecular flexibility index (Phi) is 4.32. The number of benzene rings is 1. The molecule has 0 spiro atoms. The summed E-state index contributed by atoms with van der Waals surface area (Å²) in [7, 11) is 0. The Labute approximate surface area is 101 Å². The van der Waals surface area contributed by atoms with Crippen molar-refractivity contribution in [3.8, 4) is 11.8 Å². The first kappa shape index (κ1) is 14.0. The van der Waals surface area contributed by atoms with E-state index in [1.165, 1.54) is 13.8 Å².